The highest BCUT2D eigenvalue weighted by Crippen LogP contribution is 2.39. The Labute approximate surface area is 191 Å². The smallest absolute Gasteiger partial charge is 0.262 e. The predicted molar refractivity (Wildman–Crippen MR) is 125 cm³/mol. The van der Waals surface area contributed by atoms with Gasteiger partial charge in [-0.25, -0.2) is 4.39 Å². The van der Waals surface area contributed by atoms with Crippen LogP contribution in [-0.2, 0) is 4.79 Å². The maximum Gasteiger partial charge on any atom is 0.262 e. The third-order valence-corrected chi connectivity index (χ3v) is 6.63. The lowest BCUT2D eigenvalue weighted by Crippen LogP contribution is -2.40. The Morgan fingerprint density at radius 3 is 2.90 bits per heavy atom. The molecule has 2 heterocycles. The van der Waals surface area contributed by atoms with Crippen LogP contribution in [0.5, 0.6) is 0 Å². The normalized spacial score (nSPS) is 19.5. The fraction of sp³-hybridized carbons (Fsp3) is 0.304. The number of rotatable bonds is 5. The third kappa shape index (κ3) is 5.29. The minimum Gasteiger partial charge on any atom is -0.350 e. The van der Waals surface area contributed by atoms with Crippen molar-refractivity contribution in [3.63, 3.8) is 0 Å². The van der Waals surface area contributed by atoms with Crippen molar-refractivity contribution in [1.82, 2.24) is 10.2 Å². The van der Waals surface area contributed by atoms with Gasteiger partial charge in [-0.15, -0.1) is 12.4 Å². The second-order valence-electron chi connectivity index (χ2n) is 7.43. The van der Waals surface area contributed by atoms with E-state index in [-0.39, 0.29) is 30.0 Å². The van der Waals surface area contributed by atoms with Crippen LogP contribution in [0, 0.1) is 5.82 Å². The van der Waals surface area contributed by atoms with E-state index < -0.39 is 0 Å². The van der Waals surface area contributed by atoms with E-state index in [1.165, 1.54) is 24.2 Å². The largest absolute Gasteiger partial charge is 0.350 e. The van der Waals surface area contributed by atoms with E-state index in [0.717, 1.165) is 24.4 Å². The number of amides is 2. The molecule has 5 nitrogen and oxygen atoms in total. The topological polar surface area (TPSA) is 61.4 Å². The molecule has 2 aliphatic heterocycles. The zero-order valence-electron chi connectivity index (χ0n) is 17.2. The first-order chi connectivity index (χ1) is 14.5. The van der Waals surface area contributed by atoms with Crippen molar-refractivity contribution >= 4 is 47.7 Å². The number of likely N-dealkylation sites (N-methyl/N-ethyl adjacent to an activating group) is 1. The second-order valence-corrected chi connectivity index (χ2v) is 8.52. The van der Waals surface area contributed by atoms with Gasteiger partial charge in [0.15, 0.2) is 0 Å². The fourth-order valence-corrected chi connectivity index (χ4v) is 4.81. The Kier molecular flexibility index (Phi) is 7.75. The third-order valence-electron chi connectivity index (χ3n) is 5.53. The summed E-state index contributed by atoms with van der Waals surface area (Å²) in [6.07, 6.45) is 3.81. The lowest BCUT2D eigenvalue weighted by molar-refractivity contribution is -0.112. The molecule has 1 fully saturated rings. The van der Waals surface area contributed by atoms with Crippen LogP contribution < -0.4 is 10.6 Å². The Morgan fingerprint density at radius 1 is 1.32 bits per heavy atom. The highest BCUT2D eigenvalue weighted by Gasteiger charge is 2.25. The quantitative estimate of drug-likeness (QED) is 0.641. The van der Waals surface area contributed by atoms with Crippen molar-refractivity contribution in [2.24, 2.45) is 0 Å². The van der Waals surface area contributed by atoms with Crippen molar-refractivity contribution in [2.75, 3.05) is 25.0 Å². The number of hydrogen-bond acceptors (Lipinski definition) is 4. The van der Waals surface area contributed by atoms with Gasteiger partial charge in [-0.3, -0.25) is 14.5 Å². The molecule has 164 valence electrons. The highest BCUT2D eigenvalue weighted by atomic mass is 35.5. The van der Waals surface area contributed by atoms with E-state index in [9.17, 15) is 14.0 Å². The Hall–Kier alpha value is -2.35. The monoisotopic (exact) mass is 461 g/mol. The predicted octanol–water partition coefficient (Wildman–Crippen LogP) is 4.55. The summed E-state index contributed by atoms with van der Waals surface area (Å²) in [6.45, 7) is 4.84. The molecule has 8 heteroatoms. The van der Waals surface area contributed by atoms with Crippen molar-refractivity contribution in [1.29, 1.82) is 0 Å². The molecule has 1 atom stereocenters. The minimum atomic E-state index is -0.375. The van der Waals surface area contributed by atoms with Crippen LogP contribution >= 0.6 is 24.2 Å². The van der Waals surface area contributed by atoms with E-state index in [2.05, 4.69) is 22.5 Å². The van der Waals surface area contributed by atoms with E-state index in [1.54, 1.807) is 36.4 Å². The molecule has 1 saturated heterocycles. The summed E-state index contributed by atoms with van der Waals surface area (Å²) in [5, 5.41) is 5.84. The number of hydrogen-bond donors (Lipinski definition) is 2. The summed E-state index contributed by atoms with van der Waals surface area (Å²) < 4.78 is 13.9. The van der Waals surface area contributed by atoms with Gasteiger partial charge in [-0.1, -0.05) is 36.9 Å². The number of carbonyl (C=O) groups excluding carboxylic acids is 2. The van der Waals surface area contributed by atoms with E-state index in [1.807, 2.05) is 6.07 Å². The summed E-state index contributed by atoms with van der Waals surface area (Å²) in [6, 6.07) is 12.0. The molecule has 2 N–H and O–H groups in total. The summed E-state index contributed by atoms with van der Waals surface area (Å²) in [7, 11) is 0. The zero-order valence-corrected chi connectivity index (χ0v) is 18.8. The van der Waals surface area contributed by atoms with E-state index >= 15 is 0 Å². The van der Waals surface area contributed by atoms with Gasteiger partial charge in [0.1, 0.15) is 5.82 Å². The molecular formula is C23H25ClFN3O2S. The minimum absolute atomic E-state index is 0. The van der Waals surface area contributed by atoms with Crippen molar-refractivity contribution in [3.05, 3.63) is 64.3 Å². The Morgan fingerprint density at radius 2 is 2.13 bits per heavy atom. The molecule has 0 aromatic heterocycles. The van der Waals surface area contributed by atoms with Crippen LogP contribution in [0.15, 0.2) is 52.3 Å². The van der Waals surface area contributed by atoms with Gasteiger partial charge in [0.2, 0.25) is 0 Å². The van der Waals surface area contributed by atoms with Crippen LogP contribution in [0.2, 0.25) is 0 Å². The first kappa shape index (κ1) is 23.3. The first-order valence-corrected chi connectivity index (χ1v) is 11.0. The van der Waals surface area contributed by atoms with Gasteiger partial charge < -0.3 is 10.6 Å². The van der Waals surface area contributed by atoms with Crippen LogP contribution in [0.25, 0.3) is 6.08 Å². The number of likely N-dealkylation sites (tertiary alicyclic amines) is 1. The molecule has 0 bridgehead atoms. The summed E-state index contributed by atoms with van der Waals surface area (Å²) >= 11 is 1.27. The molecule has 2 aliphatic rings. The van der Waals surface area contributed by atoms with E-state index in [4.69, 9.17) is 0 Å². The molecule has 2 aromatic carbocycles. The Bertz CT molecular complexity index is 1010. The number of fused-ring (bicyclic) bond motifs is 1. The number of carbonyl (C=O) groups is 2. The molecule has 0 saturated carbocycles. The van der Waals surface area contributed by atoms with Gasteiger partial charge >= 0.3 is 0 Å². The molecule has 2 aromatic rings. The number of anilines is 1. The average molecular weight is 462 g/mol. The first-order valence-electron chi connectivity index (χ1n) is 10.2. The highest BCUT2D eigenvalue weighted by molar-refractivity contribution is 8.04. The van der Waals surface area contributed by atoms with Crippen molar-refractivity contribution < 1.29 is 14.0 Å². The summed E-state index contributed by atoms with van der Waals surface area (Å²) in [5.41, 5.74) is 1.47. The fourth-order valence-electron chi connectivity index (χ4n) is 3.89. The van der Waals surface area contributed by atoms with Crippen LogP contribution in [0.3, 0.4) is 0 Å². The zero-order chi connectivity index (χ0) is 21.1. The van der Waals surface area contributed by atoms with Gasteiger partial charge in [0, 0.05) is 28.6 Å². The number of thioether (sulfide) groups is 1. The number of nitrogens with one attached hydrogen (secondary N) is 2. The van der Waals surface area contributed by atoms with Gasteiger partial charge in [-0.2, -0.15) is 0 Å². The number of benzene rings is 2. The van der Waals surface area contributed by atoms with Crippen LogP contribution in [0.4, 0.5) is 10.1 Å². The van der Waals surface area contributed by atoms with Crippen LogP contribution in [-0.4, -0.2) is 42.4 Å². The van der Waals surface area contributed by atoms with Gasteiger partial charge in [0.25, 0.3) is 11.8 Å². The van der Waals surface area contributed by atoms with Crippen molar-refractivity contribution in [2.45, 2.75) is 30.7 Å². The Balaban J connectivity index is 0.00000272. The molecule has 0 spiro atoms. The lowest BCUT2D eigenvalue weighted by Gasteiger charge is -2.23. The maximum absolute atomic E-state index is 13.9. The summed E-state index contributed by atoms with van der Waals surface area (Å²) in [4.78, 5) is 28.7. The molecule has 0 aliphatic carbocycles. The molecule has 1 unspecified atom stereocenters. The molecule has 31 heavy (non-hydrogen) atoms. The number of halogens is 2. The molecule has 4 rings (SSSR count). The van der Waals surface area contributed by atoms with Crippen LogP contribution in [0.1, 0.15) is 35.7 Å². The van der Waals surface area contributed by atoms with E-state index in [0.29, 0.717) is 34.3 Å². The second kappa shape index (κ2) is 10.3. The molecule has 0 radical (unpaired) electrons. The number of nitrogens with zero attached hydrogens (tertiary/aromatic N) is 1. The maximum atomic E-state index is 13.9. The van der Waals surface area contributed by atoms with Gasteiger partial charge in [0.05, 0.1) is 10.6 Å². The summed E-state index contributed by atoms with van der Waals surface area (Å²) in [5.74, 6) is -0.828. The molecular weight excluding hydrogens is 437 g/mol. The van der Waals surface area contributed by atoms with Crippen molar-refractivity contribution in [3.8, 4) is 0 Å². The average Bonchev–Trinajstić information content (AvgIpc) is 3.21. The SMILES string of the molecule is CCN1CCCC1CNC(=O)c1ccc2c(c1)NC(=O)/C(=C\c1ccccc1F)S2.Cl. The van der Waals surface area contributed by atoms with Gasteiger partial charge in [-0.05, 0) is 56.3 Å². The lowest BCUT2D eigenvalue weighted by atomic mass is 10.1. The molecule has 2 amide bonds. The standard InChI is InChI=1S/C23H24FN3O2S.ClH/c1-2-27-11-5-7-17(27)14-25-22(28)16-9-10-20-19(12-16)26-23(29)21(30-20)13-15-6-3-4-8-18(15)24;/h3-4,6,8-10,12-13,17H,2,5,7,11,14H2,1H3,(H,25,28)(H,26,29);1H/b21-13+;.